The van der Waals surface area contributed by atoms with E-state index in [4.69, 9.17) is 5.73 Å². The predicted octanol–water partition coefficient (Wildman–Crippen LogP) is 1.94. The normalized spacial score (nSPS) is 16.1. The number of carbonyl (C=O) groups is 1. The van der Waals surface area contributed by atoms with Crippen LogP contribution < -0.4 is 10.5 Å². The monoisotopic (exact) mass is 457 g/mol. The Morgan fingerprint density at radius 2 is 1.97 bits per heavy atom. The van der Waals surface area contributed by atoms with Crippen molar-refractivity contribution in [3.05, 3.63) is 29.5 Å². The number of halogens is 1. The first-order valence-electron chi connectivity index (χ1n) is 10.1. The topological polar surface area (TPSA) is 110 Å². The van der Waals surface area contributed by atoms with Crippen LogP contribution >= 0.6 is 12.4 Å². The minimum atomic E-state index is -3.13. The Kier molecular flexibility index (Phi) is 8.27. The number of fused-ring (bicyclic) bond motifs is 1. The maximum Gasteiger partial charge on any atom is 0.269 e. The van der Waals surface area contributed by atoms with Gasteiger partial charge in [-0.3, -0.25) is 9.48 Å². The van der Waals surface area contributed by atoms with Crippen LogP contribution in [-0.4, -0.2) is 61.4 Å². The van der Waals surface area contributed by atoms with Crippen molar-refractivity contribution in [1.82, 2.24) is 19.4 Å². The summed E-state index contributed by atoms with van der Waals surface area (Å²) in [5.41, 5.74) is 8.06. The van der Waals surface area contributed by atoms with E-state index in [1.165, 1.54) is 6.26 Å². The van der Waals surface area contributed by atoms with E-state index < -0.39 is 15.9 Å². The molecule has 168 valence electrons. The molecule has 0 atom stereocenters. The maximum atomic E-state index is 12.0. The highest BCUT2D eigenvalue weighted by atomic mass is 35.5. The van der Waals surface area contributed by atoms with E-state index in [2.05, 4.69) is 20.8 Å². The molecule has 2 aromatic rings. The fourth-order valence-corrected chi connectivity index (χ4v) is 4.58. The van der Waals surface area contributed by atoms with Crippen LogP contribution in [0.25, 0.3) is 10.9 Å². The molecule has 0 unspecified atom stereocenters. The van der Waals surface area contributed by atoms with Crippen LogP contribution in [0.15, 0.2) is 18.2 Å². The largest absolute Gasteiger partial charge is 0.364 e. The molecule has 1 saturated heterocycles. The molecule has 1 amide bonds. The van der Waals surface area contributed by atoms with Gasteiger partial charge in [-0.2, -0.15) is 5.10 Å². The molecule has 1 aliphatic heterocycles. The van der Waals surface area contributed by atoms with Gasteiger partial charge in [-0.05, 0) is 63.7 Å². The lowest BCUT2D eigenvalue weighted by Crippen LogP contribution is -2.39. The number of hydrogen-bond acceptors (Lipinski definition) is 5. The third kappa shape index (κ3) is 5.94. The Hall–Kier alpha value is -1.68. The molecule has 1 aromatic heterocycles. The van der Waals surface area contributed by atoms with Gasteiger partial charge in [0.05, 0.1) is 11.8 Å². The molecule has 0 spiro atoms. The number of aromatic nitrogens is 2. The number of nitrogens with one attached hydrogen (secondary N) is 1. The average Bonchev–Trinajstić information content (AvgIpc) is 3.03. The third-order valence-corrected chi connectivity index (χ3v) is 6.28. The summed E-state index contributed by atoms with van der Waals surface area (Å²) in [6.45, 7) is 7.14. The minimum Gasteiger partial charge on any atom is -0.364 e. The van der Waals surface area contributed by atoms with Crippen molar-refractivity contribution < 1.29 is 13.2 Å². The number of carbonyl (C=O) groups excluding carboxylic acids is 1. The van der Waals surface area contributed by atoms with Crippen LogP contribution in [0, 0.1) is 5.92 Å². The van der Waals surface area contributed by atoms with E-state index >= 15 is 0 Å². The highest BCUT2D eigenvalue weighted by Crippen LogP contribution is 2.29. The Balaban J connectivity index is 0.00000320. The van der Waals surface area contributed by atoms with Gasteiger partial charge in [-0.25, -0.2) is 13.1 Å². The number of benzene rings is 1. The number of piperidine rings is 1. The third-order valence-electron chi connectivity index (χ3n) is 5.55. The molecule has 1 aromatic carbocycles. The summed E-state index contributed by atoms with van der Waals surface area (Å²) in [6, 6.07) is 6.23. The molecular weight excluding hydrogens is 426 g/mol. The zero-order valence-electron chi connectivity index (χ0n) is 17.8. The summed E-state index contributed by atoms with van der Waals surface area (Å²) in [4.78, 5) is 14.3. The van der Waals surface area contributed by atoms with Crippen LogP contribution in [0.4, 0.5) is 0 Å². The molecule has 8 nitrogen and oxygen atoms in total. The van der Waals surface area contributed by atoms with E-state index in [1.807, 2.05) is 30.7 Å². The highest BCUT2D eigenvalue weighted by molar-refractivity contribution is 7.88. The average molecular weight is 458 g/mol. The quantitative estimate of drug-likeness (QED) is 0.629. The van der Waals surface area contributed by atoms with Crippen molar-refractivity contribution in [3.63, 3.8) is 0 Å². The summed E-state index contributed by atoms with van der Waals surface area (Å²) in [7, 11) is -3.13. The number of nitrogens with two attached hydrogens (primary N) is 1. The van der Waals surface area contributed by atoms with Crippen molar-refractivity contribution in [3.8, 4) is 0 Å². The second-order valence-electron chi connectivity index (χ2n) is 8.22. The Bertz CT molecular complexity index is 982. The molecular formula is C20H32ClN5O3S. The number of rotatable bonds is 8. The lowest BCUT2D eigenvalue weighted by Gasteiger charge is -2.32. The van der Waals surface area contributed by atoms with Gasteiger partial charge in [0.15, 0.2) is 5.69 Å². The first-order chi connectivity index (χ1) is 13.7. The van der Waals surface area contributed by atoms with Crippen molar-refractivity contribution in [2.24, 2.45) is 11.7 Å². The first kappa shape index (κ1) is 24.6. The standard InChI is InChI=1S/C20H31N5O3S.ClH/c1-14(2)25-17-6-4-5-16(18(17)19(23-25)20(21)26)13-15-7-10-24(11-8-15)12-9-22-29(3,27)28;/h4-6,14-15,22H,7-13H2,1-3H3,(H2,21,26);1H. The van der Waals surface area contributed by atoms with E-state index in [9.17, 15) is 13.2 Å². The van der Waals surface area contributed by atoms with E-state index in [0.29, 0.717) is 18.2 Å². The summed E-state index contributed by atoms with van der Waals surface area (Å²) >= 11 is 0. The maximum absolute atomic E-state index is 12.0. The summed E-state index contributed by atoms with van der Waals surface area (Å²) < 4.78 is 26.8. The van der Waals surface area contributed by atoms with Crippen LogP contribution in [0.5, 0.6) is 0 Å². The molecule has 0 radical (unpaired) electrons. The van der Waals surface area contributed by atoms with Gasteiger partial charge in [0, 0.05) is 24.5 Å². The van der Waals surface area contributed by atoms with Crippen LogP contribution in [0.2, 0.25) is 0 Å². The predicted molar refractivity (Wildman–Crippen MR) is 122 cm³/mol. The van der Waals surface area contributed by atoms with Crippen molar-refractivity contribution in [2.45, 2.75) is 39.2 Å². The number of amides is 1. The highest BCUT2D eigenvalue weighted by Gasteiger charge is 2.23. The zero-order chi connectivity index (χ0) is 21.2. The van der Waals surface area contributed by atoms with Gasteiger partial charge in [0.25, 0.3) is 5.91 Å². The van der Waals surface area contributed by atoms with Gasteiger partial charge in [0.1, 0.15) is 0 Å². The van der Waals surface area contributed by atoms with Gasteiger partial charge in [0.2, 0.25) is 10.0 Å². The van der Waals surface area contributed by atoms with Crippen molar-refractivity contribution in [2.75, 3.05) is 32.4 Å². The molecule has 1 aliphatic rings. The van der Waals surface area contributed by atoms with Crippen LogP contribution in [0.3, 0.4) is 0 Å². The second kappa shape index (κ2) is 10.1. The van der Waals surface area contributed by atoms with Crippen LogP contribution in [-0.2, 0) is 16.4 Å². The Morgan fingerprint density at radius 1 is 1.30 bits per heavy atom. The van der Waals surface area contributed by atoms with E-state index in [1.54, 1.807) is 0 Å². The molecule has 0 aliphatic carbocycles. The van der Waals surface area contributed by atoms with Crippen molar-refractivity contribution in [1.29, 1.82) is 0 Å². The van der Waals surface area contributed by atoms with Gasteiger partial charge in [-0.1, -0.05) is 12.1 Å². The molecule has 2 heterocycles. The fourth-order valence-electron chi connectivity index (χ4n) is 4.11. The smallest absolute Gasteiger partial charge is 0.269 e. The number of likely N-dealkylation sites (tertiary alicyclic amines) is 1. The lowest BCUT2D eigenvalue weighted by atomic mass is 9.88. The molecule has 3 N–H and O–H groups in total. The van der Waals surface area contributed by atoms with Gasteiger partial charge >= 0.3 is 0 Å². The van der Waals surface area contributed by atoms with Gasteiger partial charge in [-0.15, -0.1) is 12.4 Å². The molecule has 10 heteroatoms. The van der Waals surface area contributed by atoms with Crippen LogP contribution in [0.1, 0.15) is 48.8 Å². The lowest BCUT2D eigenvalue weighted by molar-refractivity contribution is 0.0996. The molecule has 0 bridgehead atoms. The summed E-state index contributed by atoms with van der Waals surface area (Å²) in [5.74, 6) is 0.0258. The fraction of sp³-hybridized carbons (Fsp3) is 0.600. The van der Waals surface area contributed by atoms with E-state index in [-0.39, 0.29) is 18.4 Å². The molecule has 1 fully saturated rings. The number of hydrogen-bond donors (Lipinski definition) is 2. The summed E-state index contributed by atoms with van der Waals surface area (Å²) in [5, 5.41) is 5.37. The number of primary amides is 1. The Morgan fingerprint density at radius 3 is 2.53 bits per heavy atom. The first-order valence-corrected chi connectivity index (χ1v) is 12.0. The number of nitrogens with zero attached hydrogens (tertiary/aromatic N) is 3. The summed E-state index contributed by atoms with van der Waals surface area (Å²) in [6.07, 6.45) is 4.15. The van der Waals surface area contributed by atoms with Gasteiger partial charge < -0.3 is 10.6 Å². The Labute approximate surface area is 184 Å². The van der Waals surface area contributed by atoms with E-state index in [0.717, 1.165) is 55.4 Å². The second-order valence-corrected chi connectivity index (χ2v) is 10.1. The molecule has 3 rings (SSSR count). The zero-order valence-corrected chi connectivity index (χ0v) is 19.4. The molecule has 30 heavy (non-hydrogen) atoms. The molecule has 0 saturated carbocycles. The SMILES string of the molecule is CC(C)n1nc(C(N)=O)c2c(CC3CCN(CCNS(C)(=O)=O)CC3)cccc21.Cl. The van der Waals surface area contributed by atoms with Crippen molar-refractivity contribution >= 4 is 39.2 Å². The minimum absolute atomic E-state index is 0. The number of sulfonamides is 1.